The molecule has 1 saturated heterocycles. The van der Waals surface area contributed by atoms with Gasteiger partial charge in [0.15, 0.2) is 0 Å². The molecular weight excluding hydrogens is 264 g/mol. The summed E-state index contributed by atoms with van der Waals surface area (Å²) in [5.74, 6) is 0. The second kappa shape index (κ2) is 4.86. The molecule has 1 fully saturated rings. The van der Waals surface area contributed by atoms with Gasteiger partial charge in [0.2, 0.25) is 0 Å². The zero-order chi connectivity index (χ0) is 14.3. The van der Waals surface area contributed by atoms with Crippen LogP contribution >= 0.6 is 0 Å². The van der Waals surface area contributed by atoms with E-state index in [1.807, 2.05) is 0 Å². The molecule has 1 aliphatic heterocycles. The Hall–Kier alpha value is -1.96. The molecule has 0 radical (unpaired) electrons. The summed E-state index contributed by atoms with van der Waals surface area (Å²) in [6.45, 7) is -0.251. The fraction of sp³-hybridized carbons (Fsp3) is 0.385. The van der Waals surface area contributed by atoms with Crippen molar-refractivity contribution in [2.24, 2.45) is 0 Å². The zero-order valence-electron chi connectivity index (χ0n) is 10.5. The highest BCUT2D eigenvalue weighted by molar-refractivity contribution is 5.77. The van der Waals surface area contributed by atoms with Crippen LogP contribution in [0.4, 0.5) is 0 Å². The number of hydrogen-bond acceptors (Lipinski definition) is 5. The molecule has 0 amide bonds. The van der Waals surface area contributed by atoms with Gasteiger partial charge >= 0.3 is 5.69 Å². The van der Waals surface area contributed by atoms with Crippen LogP contribution < -0.4 is 11.2 Å². The lowest BCUT2D eigenvalue weighted by Gasteiger charge is -2.12. The lowest BCUT2D eigenvalue weighted by atomic mass is 10.0. The van der Waals surface area contributed by atoms with Gasteiger partial charge in [-0.2, -0.15) is 0 Å². The molecule has 0 spiro atoms. The smallest absolute Gasteiger partial charge is 0.326 e. The molecule has 0 bridgehead atoms. The monoisotopic (exact) mass is 278 g/mol. The van der Waals surface area contributed by atoms with E-state index in [0.717, 1.165) is 5.56 Å². The molecule has 1 aromatic carbocycles. The quantitative estimate of drug-likeness (QED) is 0.585. The summed E-state index contributed by atoms with van der Waals surface area (Å²) in [4.78, 5) is 27.6. The summed E-state index contributed by atoms with van der Waals surface area (Å²) in [6, 6.07) is 4.99. The normalized spacial score (nSPS) is 26.2. The van der Waals surface area contributed by atoms with E-state index in [2.05, 4.69) is 9.97 Å². The topological polar surface area (TPSA) is 115 Å². The maximum Gasteiger partial charge on any atom is 0.326 e. The van der Waals surface area contributed by atoms with Gasteiger partial charge < -0.3 is 19.9 Å². The number of nitrogens with one attached hydrogen (secondary N) is 2. The van der Waals surface area contributed by atoms with E-state index in [4.69, 9.17) is 9.84 Å². The summed E-state index contributed by atoms with van der Waals surface area (Å²) in [5, 5.41) is 19.1. The van der Waals surface area contributed by atoms with Crippen molar-refractivity contribution in [3.05, 3.63) is 44.6 Å². The van der Waals surface area contributed by atoms with E-state index in [0.29, 0.717) is 17.3 Å². The van der Waals surface area contributed by atoms with Crippen molar-refractivity contribution in [2.45, 2.75) is 24.7 Å². The van der Waals surface area contributed by atoms with Crippen molar-refractivity contribution >= 4 is 10.9 Å². The van der Waals surface area contributed by atoms with Crippen LogP contribution in [-0.4, -0.2) is 39.0 Å². The van der Waals surface area contributed by atoms with Crippen LogP contribution in [0.15, 0.2) is 27.8 Å². The summed E-state index contributed by atoms with van der Waals surface area (Å²) in [5.41, 5.74) is 0.149. The lowest BCUT2D eigenvalue weighted by molar-refractivity contribution is -0.0225. The van der Waals surface area contributed by atoms with E-state index in [1.54, 1.807) is 18.2 Å². The summed E-state index contributed by atoms with van der Waals surface area (Å²) in [6.07, 6.45) is -1.35. The molecule has 1 aromatic heterocycles. The first-order valence-corrected chi connectivity index (χ1v) is 6.29. The average Bonchev–Trinajstić information content (AvgIpc) is 2.79. The van der Waals surface area contributed by atoms with Gasteiger partial charge in [-0.1, -0.05) is 6.07 Å². The molecule has 2 heterocycles. The molecule has 106 valence electrons. The van der Waals surface area contributed by atoms with E-state index >= 15 is 0 Å². The first kappa shape index (κ1) is 13.0. The number of rotatable bonds is 2. The van der Waals surface area contributed by atoms with Gasteiger partial charge in [-0.25, -0.2) is 4.79 Å². The van der Waals surface area contributed by atoms with Gasteiger partial charge in [0.05, 0.1) is 29.7 Å². The Morgan fingerprint density at radius 2 is 2.10 bits per heavy atom. The number of aliphatic hydroxyl groups is 2. The largest absolute Gasteiger partial charge is 0.394 e. The average molecular weight is 278 g/mol. The fourth-order valence-electron chi connectivity index (χ4n) is 2.49. The molecule has 0 aliphatic carbocycles. The predicted octanol–water partition coefficient (Wildman–Crippen LogP) is -0.600. The number of ether oxygens (including phenoxy) is 1. The molecule has 7 nitrogen and oxygen atoms in total. The number of benzene rings is 1. The molecule has 7 heteroatoms. The summed E-state index contributed by atoms with van der Waals surface area (Å²) < 4.78 is 5.54. The molecule has 20 heavy (non-hydrogen) atoms. The number of aliphatic hydroxyl groups excluding tert-OH is 2. The highest BCUT2D eigenvalue weighted by Crippen LogP contribution is 2.33. The third-order valence-corrected chi connectivity index (χ3v) is 3.54. The number of H-pyrrole nitrogens is 2. The molecule has 3 rings (SSSR count). The van der Waals surface area contributed by atoms with Gasteiger partial charge in [0.1, 0.15) is 6.10 Å². The third kappa shape index (κ3) is 2.15. The zero-order valence-corrected chi connectivity index (χ0v) is 10.5. The maximum absolute atomic E-state index is 11.7. The van der Waals surface area contributed by atoms with Crippen LogP contribution in [0, 0.1) is 0 Å². The van der Waals surface area contributed by atoms with Gasteiger partial charge in [0.25, 0.3) is 5.56 Å². The highest BCUT2D eigenvalue weighted by atomic mass is 16.5. The molecule has 4 N–H and O–H groups in total. The number of hydrogen-bond donors (Lipinski definition) is 4. The fourth-order valence-corrected chi connectivity index (χ4v) is 2.49. The van der Waals surface area contributed by atoms with Crippen LogP contribution in [0.25, 0.3) is 10.9 Å². The Bertz CT molecular complexity index is 750. The van der Waals surface area contributed by atoms with Gasteiger partial charge in [-0.15, -0.1) is 0 Å². The second-order valence-electron chi connectivity index (χ2n) is 4.86. The van der Waals surface area contributed by atoms with Gasteiger partial charge in [-0.3, -0.25) is 9.78 Å². The Morgan fingerprint density at radius 3 is 2.80 bits per heavy atom. The third-order valence-electron chi connectivity index (χ3n) is 3.54. The second-order valence-corrected chi connectivity index (χ2v) is 4.86. The van der Waals surface area contributed by atoms with E-state index in [1.165, 1.54) is 0 Å². The number of fused-ring (bicyclic) bond motifs is 1. The van der Waals surface area contributed by atoms with Crippen LogP contribution in [0.5, 0.6) is 0 Å². The van der Waals surface area contributed by atoms with Crippen molar-refractivity contribution < 1.29 is 14.9 Å². The van der Waals surface area contributed by atoms with Crippen molar-refractivity contribution in [2.75, 3.05) is 6.61 Å². The summed E-state index contributed by atoms with van der Waals surface area (Å²) >= 11 is 0. The van der Waals surface area contributed by atoms with Crippen LogP contribution in [-0.2, 0) is 4.74 Å². The first-order chi connectivity index (χ1) is 9.58. The van der Waals surface area contributed by atoms with Crippen LogP contribution in [0.3, 0.4) is 0 Å². The van der Waals surface area contributed by atoms with E-state index in [-0.39, 0.29) is 12.7 Å². The van der Waals surface area contributed by atoms with Crippen molar-refractivity contribution in [1.29, 1.82) is 0 Å². The minimum atomic E-state index is -0.727. The van der Waals surface area contributed by atoms with Gasteiger partial charge in [0, 0.05) is 6.42 Å². The molecule has 3 unspecified atom stereocenters. The van der Waals surface area contributed by atoms with Crippen molar-refractivity contribution in [3.63, 3.8) is 0 Å². The Morgan fingerprint density at radius 1 is 1.30 bits per heavy atom. The SMILES string of the molecule is O=c1[nH]c(=O)c2cc(C3CC(O)C(CO)O3)ccc2[nH]1. The highest BCUT2D eigenvalue weighted by Gasteiger charge is 2.34. The minimum Gasteiger partial charge on any atom is -0.394 e. The van der Waals surface area contributed by atoms with Crippen molar-refractivity contribution in [1.82, 2.24) is 9.97 Å². The molecule has 3 atom stereocenters. The summed E-state index contributed by atoms with van der Waals surface area (Å²) in [7, 11) is 0. The molecule has 0 saturated carbocycles. The van der Waals surface area contributed by atoms with Gasteiger partial charge in [-0.05, 0) is 17.7 Å². The lowest BCUT2D eigenvalue weighted by Crippen LogP contribution is -2.24. The number of aromatic nitrogens is 2. The van der Waals surface area contributed by atoms with Crippen molar-refractivity contribution in [3.8, 4) is 0 Å². The minimum absolute atomic E-state index is 0.251. The predicted molar refractivity (Wildman–Crippen MR) is 70.5 cm³/mol. The molecule has 2 aromatic rings. The number of aromatic amines is 2. The molecule has 1 aliphatic rings. The van der Waals surface area contributed by atoms with Crippen LogP contribution in [0.1, 0.15) is 18.1 Å². The Kier molecular flexibility index (Phi) is 3.17. The van der Waals surface area contributed by atoms with E-state index in [9.17, 15) is 14.7 Å². The van der Waals surface area contributed by atoms with Crippen LogP contribution in [0.2, 0.25) is 0 Å². The standard InChI is InChI=1S/C13H14N2O5/c16-5-11-9(17)4-10(20-11)6-1-2-8-7(3-6)12(18)15-13(19)14-8/h1-3,9-11,16-17H,4-5H2,(H2,14,15,18,19). The van der Waals surface area contributed by atoms with E-state index < -0.39 is 23.5 Å². The maximum atomic E-state index is 11.7. The molecular formula is C13H14N2O5. The first-order valence-electron chi connectivity index (χ1n) is 6.29. The Labute approximate surface area is 112 Å². The Balaban J connectivity index is 2.02.